The molecule has 4 rings (SSSR count). The summed E-state index contributed by atoms with van der Waals surface area (Å²) in [6.45, 7) is 2.42. The van der Waals surface area contributed by atoms with Gasteiger partial charge in [0.2, 0.25) is 18.6 Å². The average molecular weight is 373 g/mol. The van der Waals surface area contributed by atoms with Crippen LogP contribution in [0.25, 0.3) is 0 Å². The zero-order valence-electron chi connectivity index (χ0n) is 14.1. The van der Waals surface area contributed by atoms with E-state index in [1.807, 2.05) is 19.1 Å². The lowest BCUT2D eigenvalue weighted by Gasteiger charge is -2.19. The molecule has 0 aromatic heterocycles. The zero-order valence-corrected chi connectivity index (χ0v) is 14.9. The van der Waals surface area contributed by atoms with Crippen LogP contribution in [0.15, 0.2) is 36.4 Å². The Balaban J connectivity index is 1.47. The van der Waals surface area contributed by atoms with Crippen molar-refractivity contribution in [1.29, 1.82) is 0 Å². The van der Waals surface area contributed by atoms with Crippen LogP contribution in [0.2, 0.25) is 5.02 Å². The highest BCUT2D eigenvalue weighted by Gasteiger charge is 2.35. The van der Waals surface area contributed by atoms with Gasteiger partial charge < -0.3 is 19.7 Å². The maximum Gasteiger partial charge on any atom is 0.231 e. The van der Waals surface area contributed by atoms with Gasteiger partial charge in [-0.2, -0.15) is 0 Å². The van der Waals surface area contributed by atoms with Crippen molar-refractivity contribution in [2.75, 3.05) is 23.6 Å². The van der Waals surface area contributed by atoms with Crippen LogP contribution in [-0.2, 0) is 9.59 Å². The SMILES string of the molecule is Cc1cc(Cl)ccc1N1CC(C(=O)Nc2ccc3c(c2)OCO3)CC1=O. The Kier molecular flexibility index (Phi) is 4.20. The summed E-state index contributed by atoms with van der Waals surface area (Å²) < 4.78 is 10.6. The van der Waals surface area contributed by atoms with Gasteiger partial charge in [-0.25, -0.2) is 0 Å². The Hall–Kier alpha value is -2.73. The van der Waals surface area contributed by atoms with Crippen LogP contribution in [-0.4, -0.2) is 25.2 Å². The molecule has 1 atom stereocenters. The third kappa shape index (κ3) is 3.08. The van der Waals surface area contributed by atoms with E-state index >= 15 is 0 Å². The molecule has 0 spiro atoms. The second kappa shape index (κ2) is 6.53. The Bertz CT molecular complexity index is 899. The van der Waals surface area contributed by atoms with Crippen molar-refractivity contribution >= 4 is 34.8 Å². The molecule has 2 aliphatic rings. The highest BCUT2D eigenvalue weighted by molar-refractivity contribution is 6.30. The Morgan fingerprint density at radius 1 is 1.19 bits per heavy atom. The fraction of sp³-hybridized carbons (Fsp3) is 0.263. The van der Waals surface area contributed by atoms with Crippen molar-refractivity contribution < 1.29 is 19.1 Å². The van der Waals surface area contributed by atoms with E-state index in [2.05, 4.69) is 5.32 Å². The molecule has 0 bridgehead atoms. The number of nitrogens with zero attached hydrogens (tertiary/aromatic N) is 1. The number of carbonyl (C=O) groups is 2. The van der Waals surface area contributed by atoms with E-state index in [-0.39, 0.29) is 25.0 Å². The summed E-state index contributed by atoms with van der Waals surface area (Å²) in [4.78, 5) is 26.7. The first-order valence-electron chi connectivity index (χ1n) is 8.28. The van der Waals surface area contributed by atoms with Gasteiger partial charge in [0.25, 0.3) is 0 Å². The lowest BCUT2D eigenvalue weighted by Crippen LogP contribution is -2.28. The molecule has 0 radical (unpaired) electrons. The average Bonchev–Trinajstić information content (AvgIpc) is 3.21. The number of aryl methyl sites for hydroxylation is 1. The second-order valence-corrected chi connectivity index (χ2v) is 6.83. The fourth-order valence-corrected chi connectivity index (χ4v) is 3.48. The van der Waals surface area contributed by atoms with Crippen LogP contribution in [0.4, 0.5) is 11.4 Å². The molecular formula is C19H17ClN2O4. The van der Waals surface area contributed by atoms with Gasteiger partial charge >= 0.3 is 0 Å². The van der Waals surface area contributed by atoms with E-state index in [9.17, 15) is 9.59 Å². The van der Waals surface area contributed by atoms with Gasteiger partial charge in [0.15, 0.2) is 11.5 Å². The van der Waals surface area contributed by atoms with Gasteiger partial charge in [0.1, 0.15) is 0 Å². The lowest BCUT2D eigenvalue weighted by molar-refractivity contribution is -0.122. The Morgan fingerprint density at radius 3 is 2.81 bits per heavy atom. The number of fused-ring (bicyclic) bond motifs is 1. The second-order valence-electron chi connectivity index (χ2n) is 6.39. The minimum atomic E-state index is -0.414. The number of anilines is 2. The topological polar surface area (TPSA) is 67.9 Å². The molecule has 2 aromatic rings. The van der Waals surface area contributed by atoms with E-state index in [0.717, 1.165) is 11.3 Å². The van der Waals surface area contributed by atoms with Crippen LogP contribution in [0.1, 0.15) is 12.0 Å². The van der Waals surface area contributed by atoms with Crippen molar-refractivity contribution in [3.8, 4) is 11.5 Å². The number of halogens is 1. The summed E-state index contributed by atoms with van der Waals surface area (Å²) >= 11 is 5.98. The normalized spacial score (nSPS) is 18.3. The molecule has 1 fully saturated rings. The zero-order chi connectivity index (χ0) is 18.3. The molecule has 26 heavy (non-hydrogen) atoms. The van der Waals surface area contributed by atoms with E-state index in [4.69, 9.17) is 21.1 Å². The van der Waals surface area contributed by atoms with E-state index in [1.54, 1.807) is 29.2 Å². The van der Waals surface area contributed by atoms with Crippen LogP contribution >= 0.6 is 11.6 Å². The summed E-state index contributed by atoms with van der Waals surface area (Å²) in [6, 6.07) is 10.6. The molecule has 1 saturated heterocycles. The molecule has 1 N–H and O–H groups in total. The Labute approximate surface area is 155 Å². The third-order valence-corrected chi connectivity index (χ3v) is 4.82. The van der Waals surface area contributed by atoms with Crippen LogP contribution < -0.4 is 19.7 Å². The molecule has 0 aliphatic carbocycles. The van der Waals surface area contributed by atoms with Crippen molar-refractivity contribution in [3.63, 3.8) is 0 Å². The third-order valence-electron chi connectivity index (χ3n) is 4.59. The summed E-state index contributed by atoms with van der Waals surface area (Å²) in [6.07, 6.45) is 0.179. The number of carbonyl (C=O) groups excluding carboxylic acids is 2. The maximum atomic E-state index is 12.6. The summed E-state index contributed by atoms with van der Waals surface area (Å²) in [7, 11) is 0. The largest absolute Gasteiger partial charge is 0.454 e. The molecule has 2 heterocycles. The van der Waals surface area contributed by atoms with Crippen molar-refractivity contribution in [2.24, 2.45) is 5.92 Å². The number of benzene rings is 2. The molecule has 134 valence electrons. The summed E-state index contributed by atoms with van der Waals surface area (Å²) in [5.74, 6) is 0.586. The number of ether oxygens (including phenoxy) is 2. The quantitative estimate of drug-likeness (QED) is 0.897. The fourth-order valence-electron chi connectivity index (χ4n) is 3.26. The van der Waals surface area contributed by atoms with Gasteiger partial charge in [-0.3, -0.25) is 9.59 Å². The standard InChI is InChI=1S/C19H17ClN2O4/c1-11-6-13(20)2-4-15(11)22-9-12(7-18(22)23)19(24)21-14-3-5-16-17(8-14)26-10-25-16/h2-6,8,12H,7,9-10H2,1H3,(H,21,24). The molecule has 7 heteroatoms. The highest BCUT2D eigenvalue weighted by atomic mass is 35.5. The van der Waals surface area contributed by atoms with Crippen molar-refractivity contribution in [2.45, 2.75) is 13.3 Å². The van der Waals surface area contributed by atoms with Gasteiger partial charge in [-0.1, -0.05) is 11.6 Å². The molecule has 2 aromatic carbocycles. The monoisotopic (exact) mass is 372 g/mol. The van der Waals surface area contributed by atoms with Gasteiger partial charge in [0, 0.05) is 35.4 Å². The number of amides is 2. The first-order valence-corrected chi connectivity index (χ1v) is 8.66. The molecule has 0 saturated carbocycles. The van der Waals surface area contributed by atoms with Crippen molar-refractivity contribution in [1.82, 2.24) is 0 Å². The maximum absolute atomic E-state index is 12.6. The highest BCUT2D eigenvalue weighted by Crippen LogP contribution is 2.35. The van der Waals surface area contributed by atoms with Gasteiger partial charge in [0.05, 0.1) is 5.92 Å². The predicted molar refractivity (Wildman–Crippen MR) is 97.8 cm³/mol. The van der Waals surface area contributed by atoms with Gasteiger partial charge in [-0.15, -0.1) is 0 Å². The summed E-state index contributed by atoms with van der Waals surface area (Å²) in [5.41, 5.74) is 2.31. The lowest BCUT2D eigenvalue weighted by atomic mass is 10.1. The molecule has 2 aliphatic heterocycles. The van der Waals surface area contributed by atoms with E-state index < -0.39 is 5.92 Å². The Morgan fingerprint density at radius 2 is 2.00 bits per heavy atom. The van der Waals surface area contributed by atoms with Crippen LogP contribution in [0.3, 0.4) is 0 Å². The van der Waals surface area contributed by atoms with E-state index in [0.29, 0.717) is 28.8 Å². The number of hydrogen-bond donors (Lipinski definition) is 1. The number of rotatable bonds is 3. The first kappa shape index (κ1) is 16.7. The number of hydrogen-bond acceptors (Lipinski definition) is 4. The van der Waals surface area contributed by atoms with Crippen LogP contribution in [0.5, 0.6) is 11.5 Å². The first-order chi connectivity index (χ1) is 12.5. The number of nitrogens with one attached hydrogen (secondary N) is 1. The minimum Gasteiger partial charge on any atom is -0.454 e. The summed E-state index contributed by atoms with van der Waals surface area (Å²) in [5, 5.41) is 3.48. The molecule has 2 amide bonds. The van der Waals surface area contributed by atoms with Crippen LogP contribution in [0, 0.1) is 12.8 Å². The van der Waals surface area contributed by atoms with E-state index in [1.165, 1.54) is 0 Å². The molecular weight excluding hydrogens is 356 g/mol. The predicted octanol–water partition coefficient (Wildman–Crippen LogP) is 3.37. The van der Waals surface area contributed by atoms with Gasteiger partial charge in [-0.05, 0) is 42.8 Å². The molecule has 1 unspecified atom stereocenters. The molecule has 6 nitrogen and oxygen atoms in total. The smallest absolute Gasteiger partial charge is 0.231 e. The van der Waals surface area contributed by atoms with Crippen molar-refractivity contribution in [3.05, 3.63) is 47.0 Å². The minimum absolute atomic E-state index is 0.0683.